The van der Waals surface area contributed by atoms with Crippen LogP contribution in [0.1, 0.15) is 28.5 Å². The molecule has 0 saturated carbocycles. The van der Waals surface area contributed by atoms with Crippen molar-refractivity contribution in [2.24, 2.45) is 7.05 Å². The number of anilines is 2. The van der Waals surface area contributed by atoms with Crippen molar-refractivity contribution in [3.63, 3.8) is 0 Å². The molecule has 0 radical (unpaired) electrons. The lowest BCUT2D eigenvalue weighted by Crippen LogP contribution is -2.18. The van der Waals surface area contributed by atoms with E-state index < -0.39 is 33.4 Å². The van der Waals surface area contributed by atoms with Gasteiger partial charge in [0.25, 0.3) is 5.91 Å². The number of amides is 1. The van der Waals surface area contributed by atoms with Gasteiger partial charge in [0.05, 0.1) is 17.0 Å². The predicted molar refractivity (Wildman–Crippen MR) is 90.4 cm³/mol. The fourth-order valence-electron chi connectivity index (χ4n) is 2.16. The summed E-state index contributed by atoms with van der Waals surface area (Å²) in [6, 6.07) is 4.27. The highest BCUT2D eigenvalue weighted by Crippen LogP contribution is 2.31. The molecule has 2 aromatic rings. The molecule has 11 heteroatoms. The molecule has 1 aromatic carbocycles. The molecule has 2 rings (SSSR count). The molecule has 0 aliphatic rings. The van der Waals surface area contributed by atoms with Gasteiger partial charge in [-0.2, -0.15) is 18.3 Å². The number of alkyl halides is 3. The average molecular weight is 390 g/mol. The lowest BCUT2D eigenvalue weighted by Gasteiger charge is -2.12. The Morgan fingerprint density at radius 3 is 2.50 bits per heavy atom. The van der Waals surface area contributed by atoms with Gasteiger partial charge in [-0.3, -0.25) is 14.2 Å². The number of halogens is 3. The molecule has 0 aliphatic carbocycles. The van der Waals surface area contributed by atoms with Crippen LogP contribution in [0.5, 0.6) is 0 Å². The van der Waals surface area contributed by atoms with Gasteiger partial charge in [0, 0.05) is 18.9 Å². The van der Waals surface area contributed by atoms with E-state index in [2.05, 4.69) is 15.1 Å². The molecule has 0 spiro atoms. The van der Waals surface area contributed by atoms with Crippen LogP contribution in [0.4, 0.5) is 24.5 Å². The summed E-state index contributed by atoms with van der Waals surface area (Å²) in [5.41, 5.74) is -0.830. The van der Waals surface area contributed by atoms with Crippen molar-refractivity contribution in [2.75, 3.05) is 15.8 Å². The number of hydrogen-bond acceptors (Lipinski definition) is 4. The van der Waals surface area contributed by atoms with E-state index in [1.54, 1.807) is 6.92 Å². The summed E-state index contributed by atoms with van der Waals surface area (Å²) < 4.78 is 65.3. The van der Waals surface area contributed by atoms with Crippen molar-refractivity contribution in [1.82, 2.24) is 9.78 Å². The van der Waals surface area contributed by atoms with Crippen LogP contribution in [-0.2, 0) is 23.2 Å². The Morgan fingerprint density at radius 2 is 1.96 bits per heavy atom. The highest BCUT2D eigenvalue weighted by atomic mass is 32.2. The highest BCUT2D eigenvalue weighted by molar-refractivity contribution is 7.92. The summed E-state index contributed by atoms with van der Waals surface area (Å²) in [6.07, 6.45) is -3.78. The molecular formula is C15H17F3N4O3S. The first kappa shape index (κ1) is 19.8. The Hall–Kier alpha value is -2.56. The SMILES string of the molecule is CCS(=O)(=O)Nc1ccc(NC(=O)c2cn(C)nc2C(F)(F)F)cc1C. The molecule has 0 unspecified atom stereocenters. The quantitative estimate of drug-likeness (QED) is 0.821. The number of nitrogens with one attached hydrogen (secondary N) is 2. The Morgan fingerprint density at radius 1 is 1.31 bits per heavy atom. The third-order valence-corrected chi connectivity index (χ3v) is 4.76. The molecule has 0 atom stereocenters. The van der Waals surface area contributed by atoms with Crippen molar-refractivity contribution in [2.45, 2.75) is 20.0 Å². The minimum Gasteiger partial charge on any atom is -0.322 e. The zero-order valence-corrected chi connectivity index (χ0v) is 15.0. The van der Waals surface area contributed by atoms with Crippen LogP contribution in [0.15, 0.2) is 24.4 Å². The fourth-order valence-corrected chi connectivity index (χ4v) is 2.87. The van der Waals surface area contributed by atoms with Crippen LogP contribution in [-0.4, -0.2) is 29.9 Å². The van der Waals surface area contributed by atoms with Crippen LogP contribution < -0.4 is 10.0 Å². The number of sulfonamides is 1. The molecule has 1 aromatic heterocycles. The molecule has 0 saturated heterocycles. The number of carbonyl (C=O) groups is 1. The number of benzene rings is 1. The molecule has 142 valence electrons. The number of carbonyl (C=O) groups excluding carboxylic acids is 1. The fraction of sp³-hybridized carbons (Fsp3) is 0.333. The Labute approximate surface area is 148 Å². The highest BCUT2D eigenvalue weighted by Gasteiger charge is 2.39. The maximum atomic E-state index is 12.9. The van der Waals surface area contributed by atoms with Crippen molar-refractivity contribution >= 4 is 27.3 Å². The van der Waals surface area contributed by atoms with Gasteiger partial charge in [0.15, 0.2) is 5.69 Å². The lowest BCUT2D eigenvalue weighted by atomic mass is 10.1. The van der Waals surface area contributed by atoms with Gasteiger partial charge in [0.1, 0.15) is 0 Å². The van der Waals surface area contributed by atoms with E-state index in [1.165, 1.54) is 32.2 Å². The minimum atomic E-state index is -4.76. The first-order valence-electron chi connectivity index (χ1n) is 7.46. The van der Waals surface area contributed by atoms with Crippen molar-refractivity contribution in [3.05, 3.63) is 41.2 Å². The van der Waals surface area contributed by atoms with E-state index in [1.807, 2.05) is 0 Å². The number of rotatable bonds is 5. The molecule has 0 bridgehead atoms. The molecular weight excluding hydrogens is 373 g/mol. The molecule has 2 N–H and O–H groups in total. The van der Waals surface area contributed by atoms with Gasteiger partial charge in [0.2, 0.25) is 10.0 Å². The van der Waals surface area contributed by atoms with Gasteiger partial charge >= 0.3 is 6.18 Å². The van der Waals surface area contributed by atoms with E-state index in [4.69, 9.17) is 0 Å². The predicted octanol–water partition coefficient (Wildman–Crippen LogP) is 2.76. The molecule has 1 amide bonds. The molecule has 0 fully saturated rings. The van der Waals surface area contributed by atoms with Crippen LogP contribution in [0, 0.1) is 6.92 Å². The second-order valence-corrected chi connectivity index (χ2v) is 7.56. The maximum absolute atomic E-state index is 12.9. The number of nitrogens with zero attached hydrogens (tertiary/aromatic N) is 2. The summed E-state index contributed by atoms with van der Waals surface area (Å²) in [5.74, 6) is -1.07. The Bertz CT molecular complexity index is 936. The number of aryl methyl sites for hydroxylation is 2. The smallest absolute Gasteiger partial charge is 0.322 e. The van der Waals surface area contributed by atoms with Gasteiger partial charge in [-0.1, -0.05) is 0 Å². The van der Waals surface area contributed by atoms with Crippen molar-refractivity contribution < 1.29 is 26.4 Å². The summed E-state index contributed by atoms with van der Waals surface area (Å²) >= 11 is 0. The summed E-state index contributed by atoms with van der Waals surface area (Å²) in [5, 5.41) is 5.64. The van der Waals surface area contributed by atoms with Crippen LogP contribution in [0.2, 0.25) is 0 Å². The summed E-state index contributed by atoms with van der Waals surface area (Å²) in [7, 11) is -2.18. The van der Waals surface area contributed by atoms with Crippen molar-refractivity contribution in [1.29, 1.82) is 0 Å². The van der Waals surface area contributed by atoms with E-state index in [0.717, 1.165) is 10.9 Å². The zero-order chi connectivity index (χ0) is 19.7. The largest absolute Gasteiger partial charge is 0.435 e. The third-order valence-electron chi connectivity index (χ3n) is 3.47. The normalized spacial score (nSPS) is 12.1. The van der Waals surface area contributed by atoms with Crippen LogP contribution in [0.3, 0.4) is 0 Å². The molecule has 1 heterocycles. The minimum absolute atomic E-state index is 0.105. The second-order valence-electron chi connectivity index (χ2n) is 5.55. The number of aromatic nitrogens is 2. The topological polar surface area (TPSA) is 93.1 Å². The van der Waals surface area contributed by atoms with E-state index in [0.29, 0.717) is 11.3 Å². The van der Waals surface area contributed by atoms with Gasteiger partial charge < -0.3 is 5.32 Å². The standard InChI is InChI=1S/C15H17F3N4O3S/c1-4-26(24,25)21-12-6-5-10(7-9(12)2)19-14(23)11-8-22(3)20-13(11)15(16,17)18/h5-8,21H,4H2,1-3H3,(H,19,23). The molecule has 26 heavy (non-hydrogen) atoms. The van der Waals surface area contributed by atoms with E-state index in [-0.39, 0.29) is 11.4 Å². The van der Waals surface area contributed by atoms with Gasteiger partial charge in [-0.25, -0.2) is 8.42 Å². The van der Waals surface area contributed by atoms with E-state index in [9.17, 15) is 26.4 Å². The third kappa shape index (κ3) is 4.54. The Balaban J connectivity index is 2.25. The Kier molecular flexibility index (Phi) is 5.31. The van der Waals surface area contributed by atoms with Gasteiger partial charge in [-0.15, -0.1) is 0 Å². The second kappa shape index (κ2) is 6.98. The lowest BCUT2D eigenvalue weighted by molar-refractivity contribution is -0.141. The molecule has 0 aliphatic heterocycles. The van der Waals surface area contributed by atoms with Crippen LogP contribution in [0.25, 0.3) is 0 Å². The van der Waals surface area contributed by atoms with Gasteiger partial charge in [-0.05, 0) is 37.6 Å². The first-order valence-corrected chi connectivity index (χ1v) is 9.11. The average Bonchev–Trinajstić information content (AvgIpc) is 2.92. The van der Waals surface area contributed by atoms with Crippen LogP contribution >= 0.6 is 0 Å². The monoisotopic (exact) mass is 390 g/mol. The maximum Gasteiger partial charge on any atom is 0.435 e. The summed E-state index contributed by atoms with van der Waals surface area (Å²) in [6.45, 7) is 3.09. The van der Waals surface area contributed by atoms with E-state index >= 15 is 0 Å². The first-order chi connectivity index (χ1) is 11.9. The van der Waals surface area contributed by atoms with Crippen molar-refractivity contribution in [3.8, 4) is 0 Å². The summed E-state index contributed by atoms with van der Waals surface area (Å²) in [4.78, 5) is 12.2. The zero-order valence-electron chi connectivity index (χ0n) is 14.2. The number of hydrogen-bond donors (Lipinski definition) is 2. The molecule has 7 nitrogen and oxygen atoms in total.